The number of fused-ring (bicyclic) bond motifs is 2. The molecule has 4 aromatic rings. The largest absolute Gasteiger partial charge is 0.495 e. The number of halogens is 2. The topological polar surface area (TPSA) is 74.6 Å². The van der Waals surface area contributed by atoms with Gasteiger partial charge in [-0.2, -0.15) is 0 Å². The van der Waals surface area contributed by atoms with E-state index in [4.69, 9.17) is 25.2 Å². The molecule has 0 N–H and O–H groups in total. The highest BCUT2D eigenvalue weighted by molar-refractivity contribution is 9.10. The molecule has 0 aliphatic rings. The van der Waals surface area contributed by atoms with Gasteiger partial charge in [0.25, 0.3) is 5.56 Å². The lowest BCUT2D eigenvalue weighted by atomic mass is 10.1. The van der Waals surface area contributed by atoms with Crippen LogP contribution in [0.2, 0.25) is 5.02 Å². The van der Waals surface area contributed by atoms with Gasteiger partial charge >= 0.3 is 5.76 Å². The van der Waals surface area contributed by atoms with Gasteiger partial charge in [0.2, 0.25) is 0 Å². The van der Waals surface area contributed by atoms with Crippen LogP contribution in [0.4, 0.5) is 0 Å². The zero-order valence-corrected chi connectivity index (χ0v) is 15.1. The predicted molar refractivity (Wildman–Crippen MR) is 97.1 cm³/mol. The predicted octanol–water partition coefficient (Wildman–Crippen LogP) is 4.11. The maximum absolute atomic E-state index is 13.1. The van der Waals surface area contributed by atoms with Crippen molar-refractivity contribution < 1.29 is 13.6 Å². The lowest BCUT2D eigenvalue weighted by molar-refractivity contribution is 0.421. The van der Waals surface area contributed by atoms with Crippen LogP contribution in [0.25, 0.3) is 27.6 Å². The monoisotopic (exact) mass is 421 g/mol. The van der Waals surface area contributed by atoms with Crippen molar-refractivity contribution in [2.24, 2.45) is 0 Å². The van der Waals surface area contributed by atoms with Crippen LogP contribution in [0.1, 0.15) is 0 Å². The van der Waals surface area contributed by atoms with Gasteiger partial charge in [0.05, 0.1) is 24.4 Å². The quantitative estimate of drug-likeness (QED) is 0.486. The van der Waals surface area contributed by atoms with E-state index < -0.39 is 11.3 Å². The smallest absolute Gasteiger partial charge is 0.427 e. The Morgan fingerprint density at radius 1 is 1.12 bits per heavy atom. The number of ether oxygens (including phenoxy) is 1. The molecule has 8 heteroatoms. The minimum absolute atomic E-state index is 0.0690. The summed E-state index contributed by atoms with van der Waals surface area (Å²) in [7, 11) is 1.44. The second-order valence-electron chi connectivity index (χ2n) is 5.20. The van der Waals surface area contributed by atoms with Gasteiger partial charge in [0.1, 0.15) is 15.6 Å². The Bertz CT molecular complexity index is 1240. The number of aromatic nitrogens is 1. The highest BCUT2D eigenvalue weighted by Gasteiger charge is 2.23. The van der Waals surface area contributed by atoms with Gasteiger partial charge in [-0.05, 0) is 46.3 Å². The van der Waals surface area contributed by atoms with Gasteiger partial charge in [0.15, 0.2) is 11.2 Å². The lowest BCUT2D eigenvalue weighted by Gasteiger charge is -2.10. The highest BCUT2D eigenvalue weighted by Crippen LogP contribution is 2.39. The van der Waals surface area contributed by atoms with E-state index in [2.05, 4.69) is 15.9 Å². The van der Waals surface area contributed by atoms with Crippen LogP contribution in [0.5, 0.6) is 5.75 Å². The molecule has 0 bridgehead atoms. The first-order chi connectivity index (χ1) is 12.0. The third-order valence-corrected chi connectivity index (χ3v) is 4.81. The summed E-state index contributed by atoms with van der Waals surface area (Å²) in [6.45, 7) is 0. The zero-order chi connectivity index (χ0) is 17.7. The summed E-state index contributed by atoms with van der Waals surface area (Å²) in [4.78, 5) is 25.5. The molecule has 0 aliphatic heterocycles. The minimum Gasteiger partial charge on any atom is -0.495 e. The molecule has 25 heavy (non-hydrogen) atoms. The normalized spacial score (nSPS) is 11.3. The van der Waals surface area contributed by atoms with E-state index in [1.165, 1.54) is 13.4 Å². The van der Waals surface area contributed by atoms with Gasteiger partial charge in [0, 0.05) is 5.02 Å². The van der Waals surface area contributed by atoms with Crippen molar-refractivity contribution in [3.63, 3.8) is 0 Å². The van der Waals surface area contributed by atoms with Crippen molar-refractivity contribution in [3.8, 4) is 11.4 Å². The molecular weight excluding hydrogens is 414 g/mol. The summed E-state index contributed by atoms with van der Waals surface area (Å²) in [5.74, 6) is -0.549. The van der Waals surface area contributed by atoms with Gasteiger partial charge in [-0.1, -0.05) is 11.6 Å². The fourth-order valence-corrected chi connectivity index (χ4v) is 3.46. The molecule has 0 fully saturated rings. The Morgan fingerprint density at radius 3 is 2.52 bits per heavy atom. The molecule has 0 radical (unpaired) electrons. The number of methoxy groups -OCH3 is 1. The highest BCUT2D eigenvalue weighted by atomic mass is 79.9. The standard InChI is InChI=1S/C17H9BrClNO5/c1-23-13-10-6-7-24-14(10)12(18)15-11(13)16(21)20(17(22)25-15)9-4-2-8(19)3-5-9/h2-7H,1H3. The molecule has 0 aliphatic carbocycles. The number of furan rings is 1. The molecule has 6 nitrogen and oxygen atoms in total. The Kier molecular flexibility index (Phi) is 3.70. The second kappa shape index (κ2) is 5.79. The fraction of sp³-hybridized carbons (Fsp3) is 0.0588. The van der Waals surface area contributed by atoms with E-state index in [1.54, 1.807) is 30.3 Å². The maximum Gasteiger partial charge on any atom is 0.427 e. The molecule has 2 aromatic carbocycles. The molecule has 0 atom stereocenters. The molecule has 0 amide bonds. The van der Waals surface area contributed by atoms with Crippen molar-refractivity contribution in [1.29, 1.82) is 0 Å². The van der Waals surface area contributed by atoms with Crippen LogP contribution in [0.3, 0.4) is 0 Å². The van der Waals surface area contributed by atoms with Gasteiger partial charge in [-0.15, -0.1) is 0 Å². The first kappa shape index (κ1) is 16.0. The molecule has 0 spiro atoms. The number of benzene rings is 2. The van der Waals surface area contributed by atoms with E-state index in [-0.39, 0.29) is 16.7 Å². The van der Waals surface area contributed by atoms with Crippen LogP contribution in [0, 0.1) is 0 Å². The van der Waals surface area contributed by atoms with Gasteiger partial charge in [-0.25, -0.2) is 9.36 Å². The van der Waals surface area contributed by atoms with Gasteiger partial charge < -0.3 is 13.6 Å². The van der Waals surface area contributed by atoms with Crippen LogP contribution < -0.4 is 16.1 Å². The third kappa shape index (κ3) is 2.31. The minimum atomic E-state index is -0.825. The molecule has 0 saturated carbocycles. The molecular formula is C17H9BrClNO5. The first-order valence-electron chi connectivity index (χ1n) is 7.11. The first-order valence-corrected chi connectivity index (χ1v) is 8.28. The molecule has 0 saturated heterocycles. The van der Waals surface area contributed by atoms with Crippen LogP contribution >= 0.6 is 27.5 Å². The van der Waals surface area contributed by atoms with E-state index in [0.717, 1.165) is 4.57 Å². The summed E-state index contributed by atoms with van der Waals surface area (Å²) >= 11 is 9.21. The number of nitrogens with zero attached hydrogens (tertiary/aromatic N) is 1. The average Bonchev–Trinajstić information content (AvgIpc) is 3.08. The van der Waals surface area contributed by atoms with Crippen LogP contribution in [0.15, 0.2) is 59.5 Å². The summed E-state index contributed by atoms with van der Waals surface area (Å²) < 4.78 is 17.5. The Hall–Kier alpha value is -2.51. The summed E-state index contributed by atoms with van der Waals surface area (Å²) in [6.07, 6.45) is 1.46. The number of hydrogen-bond donors (Lipinski definition) is 0. The van der Waals surface area contributed by atoms with Crippen molar-refractivity contribution in [1.82, 2.24) is 4.57 Å². The van der Waals surface area contributed by atoms with Crippen LogP contribution in [-0.4, -0.2) is 11.7 Å². The summed E-state index contributed by atoms with van der Waals surface area (Å²) in [5.41, 5.74) is 0.278. The molecule has 126 valence electrons. The van der Waals surface area contributed by atoms with E-state index >= 15 is 0 Å². The average molecular weight is 423 g/mol. The van der Waals surface area contributed by atoms with Crippen molar-refractivity contribution in [2.45, 2.75) is 0 Å². The lowest BCUT2D eigenvalue weighted by Crippen LogP contribution is -2.31. The third-order valence-electron chi connectivity index (χ3n) is 3.84. The Labute approximate surface area is 153 Å². The van der Waals surface area contributed by atoms with Crippen molar-refractivity contribution >= 4 is 49.5 Å². The Balaban J connectivity index is 2.21. The maximum atomic E-state index is 13.1. The zero-order valence-electron chi connectivity index (χ0n) is 12.7. The van der Waals surface area contributed by atoms with Crippen molar-refractivity contribution in [3.05, 3.63) is 67.0 Å². The van der Waals surface area contributed by atoms with E-state index in [1.807, 2.05) is 0 Å². The SMILES string of the molecule is COc1c2ccoc2c(Br)c2oc(=O)n(-c3ccc(Cl)cc3)c(=O)c12. The molecule has 2 aromatic heterocycles. The fourth-order valence-electron chi connectivity index (χ4n) is 2.75. The molecule has 0 unspecified atom stereocenters. The molecule has 4 rings (SSSR count). The summed E-state index contributed by atoms with van der Waals surface area (Å²) in [6, 6.07) is 7.96. The number of hydrogen-bond acceptors (Lipinski definition) is 5. The van der Waals surface area contributed by atoms with Crippen molar-refractivity contribution in [2.75, 3.05) is 7.11 Å². The summed E-state index contributed by atoms with van der Waals surface area (Å²) in [5, 5.41) is 1.22. The molecule has 2 heterocycles. The van der Waals surface area contributed by atoms with Crippen LogP contribution in [-0.2, 0) is 0 Å². The van der Waals surface area contributed by atoms with Gasteiger partial charge in [-0.3, -0.25) is 4.79 Å². The second-order valence-corrected chi connectivity index (χ2v) is 6.43. The number of rotatable bonds is 2. The van der Waals surface area contributed by atoms with E-state index in [0.29, 0.717) is 26.2 Å². The van der Waals surface area contributed by atoms with E-state index in [9.17, 15) is 9.59 Å². The Morgan fingerprint density at radius 2 is 1.84 bits per heavy atom.